The van der Waals surface area contributed by atoms with E-state index in [2.05, 4.69) is 37.3 Å². The van der Waals surface area contributed by atoms with Crippen LogP contribution in [0.5, 0.6) is 5.75 Å². The molecule has 1 aliphatic heterocycles. The standard InChI is InChI=1S/C21H23N5OS.ClH/c1-27-19-13-23-15-24-21(19)26-9-7-25(8-10-26)6-2-3-17-14-28-20-5-4-16(12-22)11-18(17)20;/h4-5,11,13-15H,2-3,6-10H2,1H3;1H. The molecule has 6 nitrogen and oxygen atoms in total. The minimum Gasteiger partial charge on any atom is -0.491 e. The Morgan fingerprint density at radius 3 is 2.83 bits per heavy atom. The first-order valence-corrected chi connectivity index (χ1v) is 10.4. The maximum atomic E-state index is 9.14. The van der Waals surface area contributed by atoms with Crippen molar-refractivity contribution in [1.82, 2.24) is 14.9 Å². The minimum atomic E-state index is 0. The van der Waals surface area contributed by atoms with Gasteiger partial charge in [0.1, 0.15) is 6.33 Å². The van der Waals surface area contributed by atoms with Crippen LogP contribution in [0.15, 0.2) is 36.1 Å². The van der Waals surface area contributed by atoms with Crippen LogP contribution < -0.4 is 9.64 Å². The molecule has 0 saturated carbocycles. The summed E-state index contributed by atoms with van der Waals surface area (Å²) in [6.07, 6.45) is 5.47. The van der Waals surface area contributed by atoms with Crippen molar-refractivity contribution in [3.8, 4) is 11.8 Å². The highest BCUT2D eigenvalue weighted by molar-refractivity contribution is 7.17. The second kappa shape index (κ2) is 9.88. The number of anilines is 1. The summed E-state index contributed by atoms with van der Waals surface area (Å²) in [7, 11) is 1.66. The maximum absolute atomic E-state index is 9.14. The van der Waals surface area contributed by atoms with Crippen LogP contribution in [0.4, 0.5) is 5.82 Å². The first kappa shape index (κ1) is 21.3. The molecule has 1 aromatic carbocycles. The molecule has 0 amide bonds. The molecule has 0 aliphatic carbocycles. The zero-order chi connectivity index (χ0) is 19.3. The highest BCUT2D eigenvalue weighted by Crippen LogP contribution is 2.28. The Morgan fingerprint density at radius 1 is 1.24 bits per heavy atom. The van der Waals surface area contributed by atoms with Crippen LogP contribution in [0.3, 0.4) is 0 Å². The lowest BCUT2D eigenvalue weighted by molar-refractivity contribution is 0.253. The highest BCUT2D eigenvalue weighted by atomic mass is 35.5. The predicted octanol–water partition coefficient (Wildman–Crippen LogP) is 3.75. The lowest BCUT2D eigenvalue weighted by Gasteiger charge is -2.35. The molecular formula is C21H24ClN5OS. The highest BCUT2D eigenvalue weighted by Gasteiger charge is 2.20. The van der Waals surface area contributed by atoms with E-state index in [1.54, 1.807) is 31.0 Å². The van der Waals surface area contributed by atoms with Gasteiger partial charge in [0.15, 0.2) is 11.6 Å². The van der Waals surface area contributed by atoms with Crippen LogP contribution in [0.2, 0.25) is 0 Å². The van der Waals surface area contributed by atoms with Gasteiger partial charge in [-0.3, -0.25) is 4.90 Å². The first-order chi connectivity index (χ1) is 13.8. The van der Waals surface area contributed by atoms with E-state index in [0.717, 1.165) is 62.7 Å². The Balaban J connectivity index is 0.00000240. The van der Waals surface area contributed by atoms with Crippen LogP contribution in [0, 0.1) is 11.3 Å². The molecular weight excluding hydrogens is 406 g/mol. The largest absolute Gasteiger partial charge is 0.491 e. The molecule has 152 valence electrons. The molecule has 3 heterocycles. The van der Waals surface area contributed by atoms with Crippen molar-refractivity contribution in [2.45, 2.75) is 12.8 Å². The van der Waals surface area contributed by atoms with Crippen molar-refractivity contribution < 1.29 is 4.74 Å². The topological polar surface area (TPSA) is 65.3 Å². The number of hydrogen-bond donors (Lipinski definition) is 0. The van der Waals surface area contributed by atoms with E-state index in [9.17, 15) is 0 Å². The van der Waals surface area contributed by atoms with E-state index in [0.29, 0.717) is 0 Å². The number of piperazine rings is 1. The number of halogens is 1. The zero-order valence-electron chi connectivity index (χ0n) is 16.4. The molecule has 1 saturated heterocycles. The third kappa shape index (κ3) is 4.78. The van der Waals surface area contributed by atoms with Gasteiger partial charge >= 0.3 is 0 Å². The Bertz CT molecular complexity index is 994. The average Bonchev–Trinajstić information content (AvgIpc) is 3.16. The van der Waals surface area contributed by atoms with Gasteiger partial charge in [0, 0.05) is 30.9 Å². The molecule has 1 aliphatic rings. The van der Waals surface area contributed by atoms with Crippen molar-refractivity contribution >= 4 is 39.6 Å². The van der Waals surface area contributed by atoms with E-state index in [1.807, 2.05) is 12.1 Å². The number of fused-ring (bicyclic) bond motifs is 1. The summed E-state index contributed by atoms with van der Waals surface area (Å²) in [5.41, 5.74) is 2.10. The Kier molecular flexibility index (Phi) is 7.26. The van der Waals surface area contributed by atoms with Gasteiger partial charge in [-0.25, -0.2) is 9.97 Å². The van der Waals surface area contributed by atoms with Gasteiger partial charge in [-0.05, 0) is 53.9 Å². The van der Waals surface area contributed by atoms with Crippen LogP contribution in [0.25, 0.3) is 10.1 Å². The van der Waals surface area contributed by atoms with Crippen LogP contribution in [0.1, 0.15) is 17.5 Å². The van der Waals surface area contributed by atoms with Crippen molar-refractivity contribution in [2.24, 2.45) is 0 Å². The van der Waals surface area contributed by atoms with Gasteiger partial charge in [-0.15, -0.1) is 23.7 Å². The summed E-state index contributed by atoms with van der Waals surface area (Å²) in [4.78, 5) is 13.2. The zero-order valence-corrected chi connectivity index (χ0v) is 18.0. The lowest BCUT2D eigenvalue weighted by Crippen LogP contribution is -2.47. The number of aromatic nitrogens is 2. The number of ether oxygens (including phenoxy) is 1. The molecule has 0 bridgehead atoms. The second-order valence-electron chi connectivity index (χ2n) is 6.93. The summed E-state index contributed by atoms with van der Waals surface area (Å²) in [5, 5.41) is 12.6. The number of rotatable bonds is 6. The molecule has 2 aromatic heterocycles. The SMILES string of the molecule is COc1cncnc1N1CCN(CCCc2csc3ccc(C#N)cc23)CC1.Cl. The van der Waals surface area contributed by atoms with Gasteiger partial charge in [0.2, 0.25) is 0 Å². The summed E-state index contributed by atoms with van der Waals surface area (Å²) in [6, 6.07) is 8.22. The van der Waals surface area contributed by atoms with E-state index in [4.69, 9.17) is 10.00 Å². The monoisotopic (exact) mass is 429 g/mol. The van der Waals surface area contributed by atoms with E-state index >= 15 is 0 Å². The van der Waals surface area contributed by atoms with Gasteiger partial charge in [0.25, 0.3) is 0 Å². The van der Waals surface area contributed by atoms with Crippen LogP contribution in [-0.4, -0.2) is 54.7 Å². The molecule has 0 radical (unpaired) electrons. The van der Waals surface area contributed by atoms with Gasteiger partial charge < -0.3 is 9.64 Å². The second-order valence-corrected chi connectivity index (χ2v) is 7.84. The Hall–Kier alpha value is -2.40. The fraction of sp³-hybridized carbons (Fsp3) is 0.381. The van der Waals surface area contributed by atoms with Gasteiger partial charge in [-0.2, -0.15) is 5.26 Å². The first-order valence-electron chi connectivity index (χ1n) is 9.50. The fourth-order valence-corrected chi connectivity index (χ4v) is 4.69. The van der Waals surface area contributed by atoms with Gasteiger partial charge in [0.05, 0.1) is 24.9 Å². The number of nitrogens with zero attached hydrogens (tertiary/aromatic N) is 5. The molecule has 0 atom stereocenters. The van der Waals surface area contributed by atoms with Crippen LogP contribution in [-0.2, 0) is 6.42 Å². The lowest BCUT2D eigenvalue weighted by atomic mass is 10.1. The average molecular weight is 430 g/mol. The number of thiophene rings is 1. The third-order valence-corrected chi connectivity index (χ3v) is 6.27. The van der Waals surface area contributed by atoms with Gasteiger partial charge in [-0.1, -0.05) is 0 Å². The summed E-state index contributed by atoms with van der Waals surface area (Å²) in [6.45, 7) is 5.02. The fourth-order valence-electron chi connectivity index (χ4n) is 3.71. The number of hydrogen-bond acceptors (Lipinski definition) is 7. The van der Waals surface area contributed by atoms with E-state index < -0.39 is 0 Å². The van der Waals surface area contributed by atoms with Crippen molar-refractivity contribution in [1.29, 1.82) is 5.26 Å². The van der Waals surface area contributed by atoms with Crippen molar-refractivity contribution in [3.63, 3.8) is 0 Å². The Morgan fingerprint density at radius 2 is 2.07 bits per heavy atom. The summed E-state index contributed by atoms with van der Waals surface area (Å²) >= 11 is 1.77. The molecule has 4 rings (SSSR count). The Labute approximate surface area is 181 Å². The molecule has 0 unspecified atom stereocenters. The predicted molar refractivity (Wildman–Crippen MR) is 119 cm³/mol. The summed E-state index contributed by atoms with van der Waals surface area (Å²) in [5.74, 6) is 1.62. The van der Waals surface area contributed by atoms with E-state index in [-0.39, 0.29) is 12.4 Å². The molecule has 0 spiro atoms. The number of aryl methyl sites for hydroxylation is 1. The number of methoxy groups -OCH3 is 1. The summed E-state index contributed by atoms with van der Waals surface area (Å²) < 4.78 is 6.65. The smallest absolute Gasteiger partial charge is 0.179 e. The molecule has 29 heavy (non-hydrogen) atoms. The number of benzene rings is 1. The molecule has 0 N–H and O–H groups in total. The van der Waals surface area contributed by atoms with Crippen molar-refractivity contribution in [2.75, 3.05) is 44.7 Å². The maximum Gasteiger partial charge on any atom is 0.179 e. The molecule has 3 aromatic rings. The molecule has 8 heteroatoms. The van der Waals surface area contributed by atoms with Crippen LogP contribution >= 0.6 is 23.7 Å². The number of nitriles is 1. The molecule has 1 fully saturated rings. The minimum absolute atomic E-state index is 0. The quantitative estimate of drug-likeness (QED) is 0.594. The third-order valence-electron chi connectivity index (χ3n) is 5.25. The van der Waals surface area contributed by atoms with Crippen molar-refractivity contribution in [3.05, 3.63) is 47.2 Å². The van der Waals surface area contributed by atoms with E-state index in [1.165, 1.54) is 15.6 Å². The normalized spacial score (nSPS) is 14.4.